The maximum Gasteiger partial charge on any atom is 0.310 e. The molecule has 212 valence electrons. The van der Waals surface area contributed by atoms with Gasteiger partial charge in [0, 0.05) is 28.9 Å². The molecule has 1 amide bonds. The van der Waals surface area contributed by atoms with Gasteiger partial charge in [0.1, 0.15) is 11.6 Å². The second kappa shape index (κ2) is 12.7. The molecule has 1 fully saturated rings. The SMILES string of the molecule is CCC(=O)Oc1ccc(CC(C(=O)Nc2ccc(Cl)cc2N)C2CCC(c3ccnc4ccc(F)cc34)CC2)cc1. The molecule has 0 aliphatic heterocycles. The summed E-state index contributed by atoms with van der Waals surface area (Å²) in [6.45, 7) is 1.75. The Balaban J connectivity index is 1.35. The third-order valence-electron chi connectivity index (χ3n) is 8.03. The van der Waals surface area contributed by atoms with Gasteiger partial charge in [0.05, 0.1) is 16.9 Å². The number of hydrogen-bond acceptors (Lipinski definition) is 5. The van der Waals surface area contributed by atoms with Crippen molar-refractivity contribution in [1.82, 2.24) is 4.98 Å². The molecule has 41 heavy (non-hydrogen) atoms. The number of carbonyl (C=O) groups excluding carboxylic acids is 2. The third-order valence-corrected chi connectivity index (χ3v) is 8.26. The number of anilines is 2. The number of nitrogens with two attached hydrogens (primary N) is 1. The molecule has 1 atom stereocenters. The summed E-state index contributed by atoms with van der Waals surface area (Å²) in [7, 11) is 0. The summed E-state index contributed by atoms with van der Waals surface area (Å²) in [5.41, 5.74) is 9.95. The fraction of sp³-hybridized carbons (Fsp3) is 0.303. The number of hydrogen-bond donors (Lipinski definition) is 2. The number of amides is 1. The monoisotopic (exact) mass is 573 g/mol. The fourth-order valence-corrected chi connectivity index (χ4v) is 6.01. The highest BCUT2D eigenvalue weighted by atomic mass is 35.5. The molecule has 8 heteroatoms. The Morgan fingerprint density at radius 1 is 1.05 bits per heavy atom. The zero-order chi connectivity index (χ0) is 28.9. The van der Waals surface area contributed by atoms with Crippen molar-refractivity contribution < 1.29 is 18.7 Å². The number of halogens is 2. The van der Waals surface area contributed by atoms with Crippen LogP contribution in [0.25, 0.3) is 10.9 Å². The van der Waals surface area contributed by atoms with Crippen LogP contribution in [-0.2, 0) is 16.0 Å². The number of fused-ring (bicyclic) bond motifs is 1. The first-order chi connectivity index (χ1) is 19.8. The van der Waals surface area contributed by atoms with E-state index in [9.17, 15) is 14.0 Å². The lowest BCUT2D eigenvalue weighted by Crippen LogP contribution is -2.33. The van der Waals surface area contributed by atoms with Crippen molar-refractivity contribution in [2.45, 2.75) is 51.4 Å². The van der Waals surface area contributed by atoms with Gasteiger partial charge in [-0.15, -0.1) is 0 Å². The first-order valence-corrected chi connectivity index (χ1v) is 14.4. The van der Waals surface area contributed by atoms with E-state index in [1.165, 1.54) is 6.07 Å². The molecule has 0 bridgehead atoms. The average molecular weight is 574 g/mol. The van der Waals surface area contributed by atoms with E-state index in [2.05, 4.69) is 10.3 Å². The Kier molecular flexibility index (Phi) is 8.84. The quantitative estimate of drug-likeness (QED) is 0.128. The highest BCUT2D eigenvalue weighted by Crippen LogP contribution is 2.42. The van der Waals surface area contributed by atoms with E-state index < -0.39 is 0 Å². The molecule has 1 heterocycles. The van der Waals surface area contributed by atoms with E-state index in [1.807, 2.05) is 18.2 Å². The number of aromatic nitrogens is 1. The van der Waals surface area contributed by atoms with E-state index in [-0.39, 0.29) is 35.4 Å². The number of carbonyl (C=O) groups is 2. The van der Waals surface area contributed by atoms with Crippen LogP contribution in [0.15, 0.2) is 72.9 Å². The zero-order valence-electron chi connectivity index (χ0n) is 22.9. The third kappa shape index (κ3) is 6.85. The van der Waals surface area contributed by atoms with Crippen LogP contribution >= 0.6 is 11.6 Å². The number of ether oxygens (including phenoxy) is 1. The lowest BCUT2D eigenvalue weighted by atomic mass is 9.71. The van der Waals surface area contributed by atoms with Crippen LogP contribution in [0.2, 0.25) is 5.02 Å². The minimum Gasteiger partial charge on any atom is -0.427 e. The van der Waals surface area contributed by atoms with Crippen molar-refractivity contribution in [3.8, 4) is 5.75 Å². The molecule has 5 rings (SSSR count). The smallest absolute Gasteiger partial charge is 0.310 e. The summed E-state index contributed by atoms with van der Waals surface area (Å²) in [6.07, 6.45) is 6.09. The number of nitrogen functional groups attached to an aromatic ring is 1. The van der Waals surface area contributed by atoms with Gasteiger partial charge < -0.3 is 15.8 Å². The largest absolute Gasteiger partial charge is 0.427 e. The molecule has 1 saturated carbocycles. The Morgan fingerprint density at radius 2 is 1.80 bits per heavy atom. The van der Waals surface area contributed by atoms with Crippen molar-refractivity contribution in [3.63, 3.8) is 0 Å². The van der Waals surface area contributed by atoms with Crippen LogP contribution in [0.3, 0.4) is 0 Å². The summed E-state index contributed by atoms with van der Waals surface area (Å²) >= 11 is 6.06. The molecule has 1 aromatic heterocycles. The Hall–Kier alpha value is -3.97. The minimum absolute atomic E-state index is 0.0969. The van der Waals surface area contributed by atoms with Gasteiger partial charge >= 0.3 is 5.97 Å². The Morgan fingerprint density at radius 3 is 2.51 bits per heavy atom. The van der Waals surface area contributed by atoms with E-state index in [0.29, 0.717) is 35.0 Å². The van der Waals surface area contributed by atoms with Gasteiger partial charge in [-0.25, -0.2) is 4.39 Å². The maximum absolute atomic E-state index is 14.1. The van der Waals surface area contributed by atoms with Crippen LogP contribution < -0.4 is 15.8 Å². The Bertz CT molecular complexity index is 1550. The summed E-state index contributed by atoms with van der Waals surface area (Å²) in [5, 5.41) is 4.39. The van der Waals surface area contributed by atoms with E-state index in [1.54, 1.807) is 55.6 Å². The number of esters is 1. The van der Waals surface area contributed by atoms with Gasteiger partial charge in [0.25, 0.3) is 0 Å². The molecular formula is C33H33ClFN3O3. The molecule has 0 radical (unpaired) electrons. The molecule has 4 aromatic rings. The normalized spacial score (nSPS) is 17.6. The predicted octanol–water partition coefficient (Wildman–Crippen LogP) is 7.70. The number of benzene rings is 3. The molecule has 6 nitrogen and oxygen atoms in total. The number of nitrogens with one attached hydrogen (secondary N) is 1. The van der Waals surface area contributed by atoms with Crippen molar-refractivity contribution in [2.75, 3.05) is 11.1 Å². The molecule has 1 unspecified atom stereocenters. The zero-order valence-corrected chi connectivity index (χ0v) is 23.7. The molecule has 1 aliphatic rings. The van der Waals surface area contributed by atoms with Gasteiger partial charge in [-0.3, -0.25) is 14.6 Å². The van der Waals surface area contributed by atoms with Crippen molar-refractivity contribution in [2.24, 2.45) is 11.8 Å². The summed E-state index contributed by atoms with van der Waals surface area (Å²) in [4.78, 5) is 29.8. The van der Waals surface area contributed by atoms with Crippen LogP contribution in [0, 0.1) is 17.7 Å². The molecule has 0 saturated heterocycles. The number of nitrogens with zero attached hydrogens (tertiary/aromatic N) is 1. The van der Waals surface area contributed by atoms with Crippen molar-refractivity contribution in [3.05, 3.63) is 94.9 Å². The van der Waals surface area contributed by atoms with Crippen LogP contribution in [0.1, 0.15) is 56.1 Å². The second-order valence-corrected chi connectivity index (χ2v) is 11.1. The van der Waals surface area contributed by atoms with Crippen LogP contribution in [-0.4, -0.2) is 16.9 Å². The van der Waals surface area contributed by atoms with Gasteiger partial charge in [0.2, 0.25) is 5.91 Å². The molecule has 0 spiro atoms. The van der Waals surface area contributed by atoms with Crippen LogP contribution in [0.5, 0.6) is 5.75 Å². The fourth-order valence-electron chi connectivity index (χ4n) is 5.83. The summed E-state index contributed by atoms with van der Waals surface area (Å²) in [5.74, 6) is -0.0748. The van der Waals surface area contributed by atoms with Gasteiger partial charge in [0.15, 0.2) is 0 Å². The summed E-state index contributed by atoms with van der Waals surface area (Å²) < 4.78 is 19.4. The topological polar surface area (TPSA) is 94.3 Å². The van der Waals surface area contributed by atoms with Gasteiger partial charge in [-0.1, -0.05) is 30.7 Å². The first-order valence-electron chi connectivity index (χ1n) is 14.0. The van der Waals surface area contributed by atoms with Crippen LogP contribution in [0.4, 0.5) is 15.8 Å². The average Bonchev–Trinajstić information content (AvgIpc) is 2.98. The first kappa shape index (κ1) is 28.6. The lowest BCUT2D eigenvalue weighted by molar-refractivity contribution is -0.134. The minimum atomic E-state index is -0.304. The molecular weight excluding hydrogens is 541 g/mol. The summed E-state index contributed by atoms with van der Waals surface area (Å²) in [6, 6.07) is 19.1. The number of pyridine rings is 1. The second-order valence-electron chi connectivity index (χ2n) is 10.7. The van der Waals surface area contributed by atoms with Gasteiger partial charge in [-0.05, 0) is 110 Å². The number of rotatable bonds is 8. The van der Waals surface area contributed by atoms with Crippen molar-refractivity contribution >= 4 is 45.8 Å². The highest BCUT2D eigenvalue weighted by Gasteiger charge is 2.33. The standard InChI is InChI=1S/C33H33ClFN3O3/c1-2-32(39)41-25-11-3-20(4-12-25)17-27(33(40)38-31-13-9-23(34)18-29(31)36)22-7-5-21(6-8-22)26-15-16-37-30-14-10-24(35)19-28(26)30/h3-4,9-16,18-19,21-22,27H,2,5-8,17,36H2,1H3,(H,38,40). The molecule has 3 aromatic carbocycles. The van der Waals surface area contributed by atoms with E-state index >= 15 is 0 Å². The van der Waals surface area contributed by atoms with Crippen molar-refractivity contribution in [1.29, 1.82) is 0 Å². The molecule has 1 aliphatic carbocycles. The Labute approximate surface area is 244 Å². The van der Waals surface area contributed by atoms with Gasteiger partial charge in [-0.2, -0.15) is 0 Å². The lowest BCUT2D eigenvalue weighted by Gasteiger charge is -2.34. The predicted molar refractivity (Wildman–Crippen MR) is 160 cm³/mol. The van der Waals surface area contributed by atoms with E-state index in [0.717, 1.165) is 47.7 Å². The maximum atomic E-state index is 14.1. The van der Waals surface area contributed by atoms with E-state index in [4.69, 9.17) is 22.1 Å². The molecule has 3 N–H and O–H groups in total. The highest BCUT2D eigenvalue weighted by molar-refractivity contribution is 6.31.